The van der Waals surface area contributed by atoms with Crippen LogP contribution in [-0.4, -0.2) is 17.3 Å². The van der Waals surface area contributed by atoms with Crippen LogP contribution in [0.1, 0.15) is 25.0 Å². The number of aliphatic hydroxyl groups excluding tert-OH is 1. The molecular formula is C12H16F3NO. The lowest BCUT2D eigenvalue weighted by Crippen LogP contribution is -2.34. The molecule has 2 nitrogen and oxygen atoms in total. The Morgan fingerprint density at radius 1 is 1.18 bits per heavy atom. The highest BCUT2D eigenvalue weighted by Crippen LogP contribution is 2.29. The molecule has 0 fully saturated rings. The van der Waals surface area contributed by atoms with E-state index in [0.29, 0.717) is 6.54 Å². The Balaban J connectivity index is 2.57. The monoisotopic (exact) mass is 247 g/mol. The molecule has 0 aliphatic heterocycles. The van der Waals surface area contributed by atoms with Gasteiger partial charge in [0.15, 0.2) is 0 Å². The molecule has 1 rings (SSSR count). The Morgan fingerprint density at radius 2 is 1.71 bits per heavy atom. The largest absolute Gasteiger partial charge is 0.416 e. The van der Waals surface area contributed by atoms with Gasteiger partial charge in [-0.3, -0.25) is 0 Å². The van der Waals surface area contributed by atoms with Crippen molar-refractivity contribution in [3.8, 4) is 0 Å². The van der Waals surface area contributed by atoms with Crippen molar-refractivity contribution in [2.45, 2.75) is 38.7 Å². The molecule has 2 unspecified atom stereocenters. The molecule has 0 amide bonds. The summed E-state index contributed by atoms with van der Waals surface area (Å²) in [6.45, 7) is 3.91. The average Bonchev–Trinajstić information content (AvgIpc) is 2.25. The molecule has 0 heterocycles. The van der Waals surface area contributed by atoms with Crippen molar-refractivity contribution in [2.24, 2.45) is 0 Å². The van der Waals surface area contributed by atoms with Crippen molar-refractivity contribution < 1.29 is 18.3 Å². The molecule has 0 saturated carbocycles. The second-order valence-corrected chi connectivity index (χ2v) is 4.10. The highest BCUT2D eigenvalue weighted by molar-refractivity contribution is 5.24. The predicted octanol–water partition coefficient (Wildman–Crippen LogP) is 2.56. The van der Waals surface area contributed by atoms with Crippen LogP contribution in [-0.2, 0) is 12.7 Å². The summed E-state index contributed by atoms with van der Waals surface area (Å²) in [5.74, 6) is 0. The number of aliphatic hydroxyl groups is 1. The standard InChI is InChI=1S/C12H16F3NO/c1-8(9(2)17)16-7-10-3-5-11(6-4-10)12(13,14)15/h3-6,8-9,16-17H,7H2,1-2H3. The molecule has 96 valence electrons. The minimum Gasteiger partial charge on any atom is -0.392 e. The number of halogens is 3. The Morgan fingerprint density at radius 3 is 2.12 bits per heavy atom. The molecule has 0 radical (unpaired) electrons. The molecule has 0 aliphatic rings. The van der Waals surface area contributed by atoms with Crippen LogP contribution in [0.5, 0.6) is 0 Å². The van der Waals surface area contributed by atoms with Crippen molar-refractivity contribution in [3.05, 3.63) is 35.4 Å². The summed E-state index contributed by atoms with van der Waals surface area (Å²) >= 11 is 0. The second-order valence-electron chi connectivity index (χ2n) is 4.10. The van der Waals surface area contributed by atoms with E-state index in [1.54, 1.807) is 6.92 Å². The van der Waals surface area contributed by atoms with Crippen LogP contribution in [0.4, 0.5) is 13.2 Å². The van der Waals surface area contributed by atoms with Crippen LogP contribution in [0.15, 0.2) is 24.3 Å². The number of rotatable bonds is 4. The summed E-state index contributed by atoms with van der Waals surface area (Å²) in [4.78, 5) is 0. The molecule has 0 bridgehead atoms. The van der Waals surface area contributed by atoms with E-state index >= 15 is 0 Å². The zero-order valence-corrected chi connectivity index (χ0v) is 9.75. The fourth-order valence-corrected chi connectivity index (χ4v) is 1.26. The van der Waals surface area contributed by atoms with Crippen molar-refractivity contribution in [1.82, 2.24) is 5.32 Å². The molecule has 0 spiro atoms. The topological polar surface area (TPSA) is 32.3 Å². The number of hydrogen-bond acceptors (Lipinski definition) is 2. The average molecular weight is 247 g/mol. The molecule has 17 heavy (non-hydrogen) atoms. The third-order valence-electron chi connectivity index (χ3n) is 2.63. The van der Waals surface area contributed by atoms with Gasteiger partial charge in [-0.15, -0.1) is 0 Å². The van der Waals surface area contributed by atoms with E-state index in [4.69, 9.17) is 0 Å². The van der Waals surface area contributed by atoms with Gasteiger partial charge in [0.1, 0.15) is 0 Å². The van der Waals surface area contributed by atoms with Gasteiger partial charge in [-0.05, 0) is 31.5 Å². The number of benzene rings is 1. The van der Waals surface area contributed by atoms with E-state index < -0.39 is 17.8 Å². The first-order valence-electron chi connectivity index (χ1n) is 5.38. The quantitative estimate of drug-likeness (QED) is 0.857. The zero-order valence-electron chi connectivity index (χ0n) is 9.75. The molecule has 2 atom stereocenters. The number of alkyl halides is 3. The van der Waals surface area contributed by atoms with Crippen LogP contribution < -0.4 is 5.32 Å². The molecule has 2 N–H and O–H groups in total. The van der Waals surface area contributed by atoms with Crippen molar-refractivity contribution in [3.63, 3.8) is 0 Å². The molecule has 5 heteroatoms. The minimum atomic E-state index is -4.29. The van der Waals surface area contributed by atoms with Gasteiger partial charge >= 0.3 is 6.18 Å². The second kappa shape index (κ2) is 5.51. The maximum Gasteiger partial charge on any atom is 0.416 e. The first-order valence-corrected chi connectivity index (χ1v) is 5.38. The van der Waals surface area contributed by atoms with E-state index in [-0.39, 0.29) is 6.04 Å². The Hall–Kier alpha value is -1.07. The highest BCUT2D eigenvalue weighted by Gasteiger charge is 2.29. The maximum atomic E-state index is 12.3. The summed E-state index contributed by atoms with van der Waals surface area (Å²) in [6.07, 6.45) is -4.79. The Labute approximate surface area is 98.5 Å². The van der Waals surface area contributed by atoms with E-state index in [1.807, 2.05) is 6.92 Å². The summed E-state index contributed by atoms with van der Waals surface area (Å²) in [5, 5.41) is 12.3. The van der Waals surface area contributed by atoms with E-state index in [0.717, 1.165) is 17.7 Å². The molecule has 0 aromatic heterocycles. The van der Waals surface area contributed by atoms with Crippen molar-refractivity contribution in [2.75, 3.05) is 0 Å². The third-order valence-corrected chi connectivity index (χ3v) is 2.63. The van der Waals surface area contributed by atoms with Gasteiger partial charge in [-0.25, -0.2) is 0 Å². The Bertz CT molecular complexity index is 346. The van der Waals surface area contributed by atoms with Crippen LogP contribution in [0.2, 0.25) is 0 Å². The smallest absolute Gasteiger partial charge is 0.392 e. The zero-order chi connectivity index (χ0) is 13.1. The third kappa shape index (κ3) is 4.36. The van der Waals surface area contributed by atoms with Crippen LogP contribution in [0.3, 0.4) is 0 Å². The van der Waals surface area contributed by atoms with Crippen LogP contribution in [0, 0.1) is 0 Å². The minimum absolute atomic E-state index is 0.0997. The lowest BCUT2D eigenvalue weighted by Gasteiger charge is -2.16. The first-order chi connectivity index (χ1) is 7.80. The number of hydrogen-bond donors (Lipinski definition) is 2. The van der Waals surface area contributed by atoms with Gasteiger partial charge in [0.2, 0.25) is 0 Å². The van der Waals surface area contributed by atoms with E-state index in [1.165, 1.54) is 12.1 Å². The van der Waals surface area contributed by atoms with E-state index in [2.05, 4.69) is 5.32 Å². The van der Waals surface area contributed by atoms with Gasteiger partial charge in [0.05, 0.1) is 11.7 Å². The summed E-state index contributed by atoms with van der Waals surface area (Å²) in [7, 11) is 0. The molecule has 1 aromatic carbocycles. The van der Waals surface area contributed by atoms with Gasteiger partial charge in [-0.1, -0.05) is 12.1 Å². The molecule has 0 saturated heterocycles. The molecule has 1 aromatic rings. The van der Waals surface area contributed by atoms with Crippen LogP contribution in [0.25, 0.3) is 0 Å². The highest BCUT2D eigenvalue weighted by atomic mass is 19.4. The fourth-order valence-electron chi connectivity index (χ4n) is 1.26. The maximum absolute atomic E-state index is 12.3. The Kier molecular flexibility index (Phi) is 4.54. The summed E-state index contributed by atoms with van der Waals surface area (Å²) in [5.41, 5.74) is 0.107. The van der Waals surface area contributed by atoms with Gasteiger partial charge in [0.25, 0.3) is 0 Å². The lowest BCUT2D eigenvalue weighted by molar-refractivity contribution is -0.137. The first kappa shape index (κ1) is 14.0. The summed E-state index contributed by atoms with van der Waals surface area (Å²) < 4.78 is 36.9. The van der Waals surface area contributed by atoms with E-state index in [9.17, 15) is 18.3 Å². The lowest BCUT2D eigenvalue weighted by atomic mass is 10.1. The molecular weight excluding hydrogens is 231 g/mol. The van der Waals surface area contributed by atoms with Crippen LogP contribution >= 0.6 is 0 Å². The van der Waals surface area contributed by atoms with Gasteiger partial charge in [-0.2, -0.15) is 13.2 Å². The number of nitrogens with one attached hydrogen (secondary N) is 1. The fraction of sp³-hybridized carbons (Fsp3) is 0.500. The van der Waals surface area contributed by atoms with Crippen molar-refractivity contribution >= 4 is 0 Å². The van der Waals surface area contributed by atoms with Gasteiger partial charge in [0, 0.05) is 12.6 Å². The summed E-state index contributed by atoms with van der Waals surface area (Å²) in [6, 6.07) is 4.89. The normalized spacial score (nSPS) is 15.6. The van der Waals surface area contributed by atoms with Crippen molar-refractivity contribution in [1.29, 1.82) is 0 Å². The predicted molar refractivity (Wildman–Crippen MR) is 59.4 cm³/mol. The SMILES string of the molecule is CC(O)C(C)NCc1ccc(C(F)(F)F)cc1. The van der Waals surface area contributed by atoms with Gasteiger partial charge < -0.3 is 10.4 Å². The molecule has 0 aliphatic carbocycles.